The van der Waals surface area contributed by atoms with Crippen LogP contribution in [0.2, 0.25) is 0 Å². The highest BCUT2D eigenvalue weighted by Gasteiger charge is 2.28. The Bertz CT molecular complexity index is 873. The maximum Gasteiger partial charge on any atom is 0.261 e. The molecule has 0 saturated heterocycles. The molecule has 0 aliphatic carbocycles. The van der Waals surface area contributed by atoms with Gasteiger partial charge in [0.15, 0.2) is 6.61 Å². The van der Waals surface area contributed by atoms with Crippen LogP contribution >= 0.6 is 0 Å². The molecule has 0 heterocycles. The number of nitrogens with zero attached hydrogens (tertiary/aromatic N) is 1. The molecule has 0 fully saturated rings. The van der Waals surface area contributed by atoms with E-state index in [4.69, 9.17) is 4.74 Å². The fourth-order valence-corrected chi connectivity index (χ4v) is 3.35. The van der Waals surface area contributed by atoms with Crippen LogP contribution in [0, 0.1) is 5.82 Å². The van der Waals surface area contributed by atoms with E-state index < -0.39 is 6.04 Å². The number of halogens is 1. The summed E-state index contributed by atoms with van der Waals surface area (Å²) >= 11 is 0. The van der Waals surface area contributed by atoms with Gasteiger partial charge in [-0.1, -0.05) is 58.9 Å². The van der Waals surface area contributed by atoms with Crippen LogP contribution in [-0.4, -0.2) is 35.9 Å². The molecule has 6 heteroatoms. The number of hydrogen-bond donors (Lipinski definition) is 1. The van der Waals surface area contributed by atoms with E-state index in [1.165, 1.54) is 22.6 Å². The molecule has 32 heavy (non-hydrogen) atoms. The van der Waals surface area contributed by atoms with Crippen LogP contribution < -0.4 is 10.1 Å². The monoisotopic (exact) mass is 442 g/mol. The summed E-state index contributed by atoms with van der Waals surface area (Å²) in [6.07, 6.45) is 1.27. The van der Waals surface area contributed by atoms with Gasteiger partial charge in [0.25, 0.3) is 5.91 Å². The summed E-state index contributed by atoms with van der Waals surface area (Å²) < 4.78 is 19.1. The Balaban J connectivity index is 2.16. The Morgan fingerprint density at radius 3 is 2.19 bits per heavy atom. The zero-order valence-corrected chi connectivity index (χ0v) is 19.8. The van der Waals surface area contributed by atoms with E-state index in [0.717, 1.165) is 12.0 Å². The first-order chi connectivity index (χ1) is 15.2. The van der Waals surface area contributed by atoms with E-state index >= 15 is 0 Å². The molecule has 5 nitrogen and oxygen atoms in total. The maximum atomic E-state index is 13.3. The smallest absolute Gasteiger partial charge is 0.261 e. The molecule has 0 radical (unpaired) electrons. The third-order valence-corrected chi connectivity index (χ3v) is 5.28. The molecule has 2 aromatic rings. The first-order valence-electron chi connectivity index (χ1n) is 11.2. The van der Waals surface area contributed by atoms with Crippen LogP contribution in [0.25, 0.3) is 0 Å². The number of carbonyl (C=O) groups excluding carboxylic acids is 2. The van der Waals surface area contributed by atoms with Gasteiger partial charge in [0.05, 0.1) is 0 Å². The number of benzene rings is 2. The zero-order valence-electron chi connectivity index (χ0n) is 19.8. The fourth-order valence-electron chi connectivity index (χ4n) is 3.35. The van der Waals surface area contributed by atoms with Crippen LogP contribution in [0.5, 0.6) is 5.75 Å². The summed E-state index contributed by atoms with van der Waals surface area (Å²) in [7, 11) is 0. The second-order valence-electron chi connectivity index (χ2n) is 8.93. The highest BCUT2D eigenvalue weighted by molar-refractivity contribution is 5.88. The molecule has 1 atom stereocenters. The van der Waals surface area contributed by atoms with Gasteiger partial charge in [-0.25, -0.2) is 4.39 Å². The van der Waals surface area contributed by atoms with Crippen molar-refractivity contribution >= 4 is 11.8 Å². The Hall–Kier alpha value is -2.89. The number of carbonyl (C=O) groups is 2. The van der Waals surface area contributed by atoms with E-state index in [0.29, 0.717) is 18.7 Å². The molecule has 0 aliphatic heterocycles. The number of amides is 2. The van der Waals surface area contributed by atoms with Gasteiger partial charge < -0.3 is 15.0 Å². The number of hydrogen-bond acceptors (Lipinski definition) is 3. The van der Waals surface area contributed by atoms with Gasteiger partial charge in [-0.2, -0.15) is 0 Å². The van der Waals surface area contributed by atoms with E-state index in [1.807, 2.05) is 38.1 Å². The van der Waals surface area contributed by atoms with Crippen molar-refractivity contribution in [2.45, 2.75) is 65.5 Å². The first kappa shape index (κ1) is 25.4. The Labute approximate surface area is 191 Å². The molecule has 2 aromatic carbocycles. The van der Waals surface area contributed by atoms with Crippen molar-refractivity contribution in [3.05, 3.63) is 65.5 Å². The average Bonchev–Trinajstić information content (AvgIpc) is 2.76. The van der Waals surface area contributed by atoms with Crippen molar-refractivity contribution in [1.82, 2.24) is 10.2 Å². The third kappa shape index (κ3) is 7.36. The van der Waals surface area contributed by atoms with Gasteiger partial charge in [-0.3, -0.25) is 9.59 Å². The van der Waals surface area contributed by atoms with Crippen molar-refractivity contribution in [3.63, 3.8) is 0 Å². The molecule has 0 bridgehead atoms. The lowest BCUT2D eigenvalue weighted by Gasteiger charge is -2.30. The topological polar surface area (TPSA) is 58.6 Å². The zero-order chi connectivity index (χ0) is 23.7. The lowest BCUT2D eigenvalue weighted by atomic mass is 9.87. The van der Waals surface area contributed by atoms with Crippen LogP contribution in [0.3, 0.4) is 0 Å². The van der Waals surface area contributed by atoms with Gasteiger partial charge in [0.1, 0.15) is 17.6 Å². The van der Waals surface area contributed by atoms with E-state index in [-0.39, 0.29) is 36.2 Å². The average molecular weight is 443 g/mol. The SMILES string of the molecule is CCCNC(=O)[C@H](CC)N(Cc1ccc(F)cc1)C(=O)COc1ccc(C(C)(C)C)cc1. The fraction of sp³-hybridized carbons (Fsp3) is 0.462. The predicted molar refractivity (Wildman–Crippen MR) is 125 cm³/mol. The quantitative estimate of drug-likeness (QED) is 0.573. The lowest BCUT2D eigenvalue weighted by molar-refractivity contribution is -0.143. The molecule has 0 aliphatic rings. The minimum atomic E-state index is -0.633. The normalized spacial score (nSPS) is 12.2. The van der Waals surface area contributed by atoms with Crippen molar-refractivity contribution in [1.29, 1.82) is 0 Å². The molecule has 1 N–H and O–H groups in total. The highest BCUT2D eigenvalue weighted by Crippen LogP contribution is 2.24. The first-order valence-corrected chi connectivity index (χ1v) is 11.2. The Morgan fingerprint density at radius 2 is 1.66 bits per heavy atom. The molecule has 2 amide bonds. The summed E-state index contributed by atoms with van der Waals surface area (Å²) in [6.45, 7) is 10.8. The second kappa shape index (κ2) is 11.7. The van der Waals surface area contributed by atoms with Gasteiger partial charge in [0, 0.05) is 13.1 Å². The largest absolute Gasteiger partial charge is 0.484 e. The Morgan fingerprint density at radius 1 is 1.03 bits per heavy atom. The maximum absolute atomic E-state index is 13.3. The molecule has 0 aromatic heterocycles. The number of rotatable bonds is 10. The summed E-state index contributed by atoms with van der Waals surface area (Å²) in [6, 6.07) is 13.0. The van der Waals surface area contributed by atoms with Crippen molar-refractivity contribution in [2.75, 3.05) is 13.2 Å². The second-order valence-corrected chi connectivity index (χ2v) is 8.93. The summed E-state index contributed by atoms with van der Waals surface area (Å²) in [5, 5.41) is 2.87. The van der Waals surface area contributed by atoms with Crippen molar-refractivity contribution in [3.8, 4) is 5.75 Å². The van der Waals surface area contributed by atoms with E-state index in [1.54, 1.807) is 12.1 Å². The summed E-state index contributed by atoms with van der Waals surface area (Å²) in [4.78, 5) is 27.4. The van der Waals surface area contributed by atoms with E-state index in [2.05, 4.69) is 26.1 Å². The van der Waals surface area contributed by atoms with Gasteiger partial charge in [0.2, 0.25) is 5.91 Å². The Kier molecular flexibility index (Phi) is 9.24. The van der Waals surface area contributed by atoms with Crippen molar-refractivity contribution in [2.24, 2.45) is 0 Å². The molecule has 0 saturated carbocycles. The molecule has 174 valence electrons. The minimum absolute atomic E-state index is 0.0283. The molecule has 0 unspecified atom stereocenters. The number of ether oxygens (including phenoxy) is 1. The van der Waals surface area contributed by atoms with Crippen LogP contribution in [0.4, 0.5) is 4.39 Å². The lowest BCUT2D eigenvalue weighted by Crippen LogP contribution is -2.50. The van der Waals surface area contributed by atoms with Crippen LogP contribution in [0.15, 0.2) is 48.5 Å². The standard InChI is InChI=1S/C26H35FN2O3/c1-6-16-28-25(31)23(7-2)29(17-19-8-12-21(27)13-9-19)24(30)18-32-22-14-10-20(11-15-22)26(3,4)5/h8-15,23H,6-7,16-18H2,1-5H3,(H,28,31)/t23-/m0/s1. The van der Waals surface area contributed by atoms with Gasteiger partial charge in [-0.05, 0) is 53.6 Å². The van der Waals surface area contributed by atoms with E-state index in [9.17, 15) is 14.0 Å². The predicted octanol–water partition coefficient (Wildman–Crippen LogP) is 4.84. The molecule has 0 spiro atoms. The van der Waals surface area contributed by atoms with Crippen LogP contribution in [0.1, 0.15) is 58.6 Å². The summed E-state index contributed by atoms with van der Waals surface area (Å²) in [5.74, 6) is -0.245. The number of nitrogens with one attached hydrogen (secondary N) is 1. The minimum Gasteiger partial charge on any atom is -0.484 e. The van der Waals surface area contributed by atoms with Crippen LogP contribution in [-0.2, 0) is 21.5 Å². The molecular formula is C26H35FN2O3. The molecular weight excluding hydrogens is 407 g/mol. The summed E-state index contributed by atoms with van der Waals surface area (Å²) in [5.41, 5.74) is 1.95. The third-order valence-electron chi connectivity index (χ3n) is 5.28. The molecule has 2 rings (SSSR count). The van der Waals surface area contributed by atoms with Gasteiger partial charge >= 0.3 is 0 Å². The van der Waals surface area contributed by atoms with Crippen molar-refractivity contribution < 1.29 is 18.7 Å². The highest BCUT2D eigenvalue weighted by atomic mass is 19.1. The van der Waals surface area contributed by atoms with Gasteiger partial charge in [-0.15, -0.1) is 0 Å².